The molecule has 0 saturated heterocycles. The first-order valence-electron chi connectivity index (χ1n) is 7.16. The molecule has 0 amide bonds. The zero-order valence-electron chi connectivity index (χ0n) is 12.7. The lowest BCUT2D eigenvalue weighted by molar-refractivity contribution is 0.338. The topological polar surface area (TPSA) is 21.3 Å². The van der Waals surface area contributed by atoms with Gasteiger partial charge in [-0.15, -0.1) is 12.4 Å². The summed E-state index contributed by atoms with van der Waals surface area (Å²) in [4.78, 5) is 0. The lowest BCUT2D eigenvalue weighted by Crippen LogP contribution is -2.16. The van der Waals surface area contributed by atoms with Crippen LogP contribution in [-0.2, 0) is 13.0 Å². The van der Waals surface area contributed by atoms with E-state index in [1.54, 1.807) is 6.07 Å². The summed E-state index contributed by atoms with van der Waals surface area (Å²) in [6.07, 6.45) is 0.869. The molecule has 0 fully saturated rings. The first kappa shape index (κ1) is 20.6. The van der Waals surface area contributed by atoms with Crippen molar-refractivity contribution in [2.24, 2.45) is 0 Å². The van der Waals surface area contributed by atoms with Crippen LogP contribution in [0.3, 0.4) is 0 Å². The van der Waals surface area contributed by atoms with Gasteiger partial charge in [-0.25, -0.2) is 0 Å². The molecule has 0 heterocycles. The molecule has 0 bridgehead atoms. The molecule has 0 aromatic heterocycles. The Morgan fingerprint density at radius 2 is 1.91 bits per heavy atom. The van der Waals surface area contributed by atoms with Gasteiger partial charge in [0.05, 0.1) is 11.1 Å². The second-order valence-electron chi connectivity index (χ2n) is 4.86. The largest absolute Gasteiger partial charge is 0.493 e. The Hall–Kier alpha value is -0.450. The van der Waals surface area contributed by atoms with E-state index in [0.717, 1.165) is 40.3 Å². The summed E-state index contributed by atoms with van der Waals surface area (Å²) in [5, 5.41) is 4.81. The second-order valence-corrected chi connectivity index (χ2v) is 6.56. The molecule has 2 aromatic rings. The Morgan fingerprint density at radius 3 is 2.57 bits per heavy atom. The number of halogens is 4. The van der Waals surface area contributed by atoms with Crippen molar-refractivity contribution >= 4 is 51.5 Å². The summed E-state index contributed by atoms with van der Waals surface area (Å²) in [6.45, 7) is 4.30. The average Bonchev–Trinajstić information content (AvgIpc) is 2.48. The quantitative estimate of drug-likeness (QED) is 0.542. The molecule has 0 atom stereocenters. The third-order valence-electron chi connectivity index (χ3n) is 3.21. The van der Waals surface area contributed by atoms with Crippen LogP contribution in [0.1, 0.15) is 18.1 Å². The molecule has 0 unspecified atom stereocenters. The van der Waals surface area contributed by atoms with E-state index in [0.29, 0.717) is 11.6 Å². The van der Waals surface area contributed by atoms with Gasteiger partial charge >= 0.3 is 0 Å². The van der Waals surface area contributed by atoms with E-state index < -0.39 is 0 Å². The van der Waals surface area contributed by atoms with Crippen molar-refractivity contribution in [3.8, 4) is 5.75 Å². The first-order chi connectivity index (χ1) is 10.6. The summed E-state index contributed by atoms with van der Waals surface area (Å²) in [7, 11) is 0. The summed E-state index contributed by atoms with van der Waals surface area (Å²) >= 11 is 15.6. The summed E-state index contributed by atoms with van der Waals surface area (Å²) in [5.41, 5.74) is 2.31. The van der Waals surface area contributed by atoms with E-state index in [9.17, 15) is 0 Å². The molecule has 23 heavy (non-hydrogen) atoms. The van der Waals surface area contributed by atoms with E-state index in [2.05, 4.69) is 33.4 Å². The molecule has 126 valence electrons. The van der Waals surface area contributed by atoms with Gasteiger partial charge in [-0.3, -0.25) is 0 Å². The highest BCUT2D eigenvalue weighted by Gasteiger charge is 2.03. The third-order valence-corrected chi connectivity index (χ3v) is 4.42. The number of hydrogen-bond acceptors (Lipinski definition) is 2. The predicted molar refractivity (Wildman–Crippen MR) is 104 cm³/mol. The second kappa shape index (κ2) is 10.4. The molecule has 2 rings (SSSR count). The molecule has 2 nitrogen and oxygen atoms in total. The highest BCUT2D eigenvalue weighted by Crippen LogP contribution is 2.26. The van der Waals surface area contributed by atoms with Crippen molar-refractivity contribution < 1.29 is 4.74 Å². The fourth-order valence-corrected chi connectivity index (χ4v) is 3.15. The minimum Gasteiger partial charge on any atom is -0.493 e. The monoisotopic (exact) mass is 437 g/mol. The smallest absolute Gasteiger partial charge is 0.133 e. The Labute approximate surface area is 162 Å². The van der Waals surface area contributed by atoms with E-state index >= 15 is 0 Å². The maximum atomic E-state index is 6.16. The highest BCUT2D eigenvalue weighted by atomic mass is 79.9. The van der Waals surface area contributed by atoms with Crippen LogP contribution in [0.25, 0.3) is 0 Å². The van der Waals surface area contributed by atoms with Crippen LogP contribution in [-0.4, -0.2) is 13.2 Å². The van der Waals surface area contributed by atoms with Crippen molar-refractivity contribution in [2.75, 3.05) is 13.2 Å². The SMILES string of the molecule is CCOc1ccc(CNCCc2ccc(Cl)cc2Cl)cc1Br.Cl. The predicted octanol–water partition coefficient (Wildman–Crippen LogP) is 5.91. The van der Waals surface area contributed by atoms with Gasteiger partial charge in [-0.1, -0.05) is 35.3 Å². The maximum absolute atomic E-state index is 6.16. The van der Waals surface area contributed by atoms with Crippen LogP contribution in [0.2, 0.25) is 10.0 Å². The molecule has 2 aromatic carbocycles. The number of benzene rings is 2. The molecular formula is C17H19BrCl3NO. The lowest BCUT2D eigenvalue weighted by atomic mass is 10.1. The van der Waals surface area contributed by atoms with E-state index in [4.69, 9.17) is 27.9 Å². The van der Waals surface area contributed by atoms with Crippen molar-refractivity contribution in [3.63, 3.8) is 0 Å². The Morgan fingerprint density at radius 1 is 1.13 bits per heavy atom. The van der Waals surface area contributed by atoms with E-state index in [-0.39, 0.29) is 12.4 Å². The summed E-state index contributed by atoms with van der Waals surface area (Å²) < 4.78 is 6.49. The zero-order chi connectivity index (χ0) is 15.9. The molecule has 0 saturated carbocycles. The Bertz CT molecular complexity index is 637. The Kier molecular flexibility index (Phi) is 9.33. The van der Waals surface area contributed by atoms with Crippen LogP contribution in [0.15, 0.2) is 40.9 Å². The maximum Gasteiger partial charge on any atom is 0.133 e. The standard InChI is InChI=1S/C17H18BrCl2NO.ClH/c1-2-22-17-6-3-12(9-15(17)18)11-21-8-7-13-4-5-14(19)10-16(13)20;/h3-6,9-10,21H,2,7-8,11H2,1H3;1H. The molecule has 0 aliphatic heterocycles. The minimum atomic E-state index is 0. The number of nitrogens with one attached hydrogen (secondary N) is 1. The molecule has 6 heteroatoms. The number of hydrogen-bond donors (Lipinski definition) is 1. The van der Waals surface area contributed by atoms with Gasteiger partial charge in [0.25, 0.3) is 0 Å². The highest BCUT2D eigenvalue weighted by molar-refractivity contribution is 9.10. The molecule has 1 N–H and O–H groups in total. The van der Waals surface area contributed by atoms with Crippen molar-refractivity contribution in [3.05, 3.63) is 62.0 Å². The molecule has 0 aliphatic carbocycles. The molecule has 0 radical (unpaired) electrons. The number of rotatable bonds is 7. The van der Waals surface area contributed by atoms with Crippen LogP contribution in [0, 0.1) is 0 Å². The van der Waals surface area contributed by atoms with Gasteiger partial charge in [0.1, 0.15) is 5.75 Å². The van der Waals surface area contributed by atoms with Crippen LogP contribution in [0.4, 0.5) is 0 Å². The first-order valence-corrected chi connectivity index (χ1v) is 8.71. The summed E-state index contributed by atoms with van der Waals surface area (Å²) in [6, 6.07) is 11.8. The zero-order valence-corrected chi connectivity index (χ0v) is 16.7. The van der Waals surface area contributed by atoms with Crippen LogP contribution in [0.5, 0.6) is 5.75 Å². The van der Waals surface area contributed by atoms with Crippen LogP contribution >= 0.6 is 51.5 Å². The third kappa shape index (κ3) is 6.52. The molecule has 0 aliphatic rings. The molecular weight excluding hydrogens is 420 g/mol. The fourth-order valence-electron chi connectivity index (χ4n) is 2.11. The minimum absolute atomic E-state index is 0. The molecule has 0 spiro atoms. The van der Waals surface area contributed by atoms with Crippen molar-refractivity contribution in [2.45, 2.75) is 19.9 Å². The average molecular weight is 440 g/mol. The van der Waals surface area contributed by atoms with Gasteiger partial charge in [-0.05, 0) is 71.2 Å². The fraction of sp³-hybridized carbons (Fsp3) is 0.294. The van der Waals surface area contributed by atoms with Crippen molar-refractivity contribution in [1.29, 1.82) is 0 Å². The lowest BCUT2D eigenvalue weighted by Gasteiger charge is -2.10. The van der Waals surface area contributed by atoms with E-state index in [1.165, 1.54) is 5.56 Å². The normalized spacial score (nSPS) is 10.3. The Balaban J connectivity index is 0.00000264. The van der Waals surface area contributed by atoms with Gasteiger partial charge in [0.2, 0.25) is 0 Å². The van der Waals surface area contributed by atoms with Gasteiger partial charge < -0.3 is 10.1 Å². The van der Waals surface area contributed by atoms with E-state index in [1.807, 2.05) is 25.1 Å². The number of ether oxygens (including phenoxy) is 1. The summed E-state index contributed by atoms with van der Waals surface area (Å²) in [5.74, 6) is 0.874. The van der Waals surface area contributed by atoms with Crippen molar-refractivity contribution in [1.82, 2.24) is 5.32 Å². The van der Waals surface area contributed by atoms with Gasteiger partial charge in [0, 0.05) is 16.6 Å². The van der Waals surface area contributed by atoms with Gasteiger partial charge in [-0.2, -0.15) is 0 Å². The van der Waals surface area contributed by atoms with Crippen LogP contribution < -0.4 is 10.1 Å². The van der Waals surface area contributed by atoms with Gasteiger partial charge in [0.15, 0.2) is 0 Å².